The van der Waals surface area contributed by atoms with Gasteiger partial charge in [-0.25, -0.2) is 0 Å². The minimum Gasteiger partial charge on any atom is -0.489 e. The molecule has 1 heterocycles. The van der Waals surface area contributed by atoms with E-state index in [1.54, 1.807) is 0 Å². The van der Waals surface area contributed by atoms with Gasteiger partial charge in [0, 0.05) is 5.41 Å². The lowest BCUT2D eigenvalue weighted by atomic mass is 9.97. The fourth-order valence-corrected chi connectivity index (χ4v) is 2.19. The zero-order valence-corrected chi connectivity index (χ0v) is 11.7. The lowest BCUT2D eigenvalue weighted by Gasteiger charge is -2.19. The van der Waals surface area contributed by atoms with Crippen LogP contribution in [0.15, 0.2) is 12.1 Å². The molecule has 0 fully saturated rings. The minimum absolute atomic E-state index is 0.000227. The van der Waals surface area contributed by atoms with Gasteiger partial charge in [0.1, 0.15) is 0 Å². The van der Waals surface area contributed by atoms with Crippen molar-refractivity contribution in [2.45, 2.75) is 26.7 Å². The van der Waals surface area contributed by atoms with Crippen LogP contribution in [0.2, 0.25) is 5.02 Å². The quantitative estimate of drug-likeness (QED) is 0.917. The Morgan fingerprint density at radius 1 is 1.28 bits per heavy atom. The molecule has 4 heteroatoms. The molecular formula is C14H20ClNO2. The maximum Gasteiger partial charge on any atom is 0.179 e. The van der Waals surface area contributed by atoms with Crippen molar-refractivity contribution in [3.8, 4) is 11.5 Å². The van der Waals surface area contributed by atoms with Crippen LogP contribution in [0.3, 0.4) is 0 Å². The van der Waals surface area contributed by atoms with Gasteiger partial charge in [0.15, 0.2) is 11.5 Å². The average molecular weight is 270 g/mol. The molecule has 2 N–H and O–H groups in total. The van der Waals surface area contributed by atoms with E-state index in [1.165, 1.54) is 0 Å². The molecule has 0 aromatic heterocycles. The Bertz CT molecular complexity index is 432. The van der Waals surface area contributed by atoms with Gasteiger partial charge in [-0.2, -0.15) is 0 Å². The van der Waals surface area contributed by atoms with Gasteiger partial charge >= 0.3 is 0 Å². The van der Waals surface area contributed by atoms with Crippen LogP contribution in [0, 0.1) is 5.41 Å². The molecule has 0 saturated heterocycles. The molecule has 0 unspecified atom stereocenters. The second-order valence-electron chi connectivity index (χ2n) is 5.54. The second kappa shape index (κ2) is 5.37. The third-order valence-corrected chi connectivity index (χ3v) is 3.25. The first-order valence-corrected chi connectivity index (χ1v) is 6.68. The van der Waals surface area contributed by atoms with Gasteiger partial charge in [-0.1, -0.05) is 25.4 Å². The van der Waals surface area contributed by atoms with E-state index in [4.69, 9.17) is 26.8 Å². The van der Waals surface area contributed by atoms with Crippen LogP contribution in [0.25, 0.3) is 0 Å². The van der Waals surface area contributed by atoms with E-state index in [0.29, 0.717) is 30.5 Å². The van der Waals surface area contributed by atoms with Crippen LogP contribution < -0.4 is 15.2 Å². The summed E-state index contributed by atoms with van der Waals surface area (Å²) in [7, 11) is 0. The van der Waals surface area contributed by atoms with Crippen LogP contribution in [0.5, 0.6) is 11.5 Å². The molecule has 1 aliphatic heterocycles. The van der Waals surface area contributed by atoms with E-state index in [2.05, 4.69) is 13.8 Å². The Hall–Kier alpha value is -0.930. The summed E-state index contributed by atoms with van der Waals surface area (Å²) in [6.45, 7) is 6.15. The van der Waals surface area contributed by atoms with Gasteiger partial charge in [-0.15, -0.1) is 0 Å². The summed E-state index contributed by atoms with van der Waals surface area (Å²) in [6, 6.07) is 3.95. The minimum atomic E-state index is -0.000227. The number of aryl methyl sites for hydroxylation is 1. The molecule has 2 rings (SSSR count). The molecule has 100 valence electrons. The molecule has 3 nitrogen and oxygen atoms in total. The van der Waals surface area contributed by atoms with Crippen molar-refractivity contribution in [1.82, 2.24) is 0 Å². The summed E-state index contributed by atoms with van der Waals surface area (Å²) in [5.74, 6) is 1.42. The highest BCUT2D eigenvalue weighted by Gasteiger charge is 2.26. The predicted molar refractivity (Wildman–Crippen MR) is 73.6 cm³/mol. The first-order chi connectivity index (χ1) is 8.52. The van der Waals surface area contributed by atoms with E-state index in [0.717, 1.165) is 24.2 Å². The van der Waals surface area contributed by atoms with E-state index >= 15 is 0 Å². The fraction of sp³-hybridized carbons (Fsp3) is 0.571. The Morgan fingerprint density at radius 2 is 2.00 bits per heavy atom. The average Bonchev–Trinajstić information content (AvgIpc) is 2.46. The largest absolute Gasteiger partial charge is 0.489 e. The Balaban J connectivity index is 2.25. The Morgan fingerprint density at radius 3 is 2.72 bits per heavy atom. The highest BCUT2D eigenvalue weighted by molar-refractivity contribution is 6.32. The summed E-state index contributed by atoms with van der Waals surface area (Å²) < 4.78 is 11.6. The van der Waals surface area contributed by atoms with Crippen molar-refractivity contribution in [1.29, 1.82) is 0 Å². The normalized spacial score (nSPS) is 17.3. The van der Waals surface area contributed by atoms with Crippen LogP contribution in [-0.2, 0) is 6.42 Å². The molecule has 0 spiro atoms. The summed E-state index contributed by atoms with van der Waals surface area (Å²) in [5.41, 5.74) is 6.67. The number of halogens is 1. The highest BCUT2D eigenvalue weighted by Crippen LogP contribution is 2.40. The maximum absolute atomic E-state index is 6.26. The molecule has 0 saturated carbocycles. The lowest BCUT2D eigenvalue weighted by Crippen LogP contribution is -2.26. The number of hydrogen-bond acceptors (Lipinski definition) is 3. The van der Waals surface area contributed by atoms with Crippen molar-refractivity contribution < 1.29 is 9.47 Å². The lowest BCUT2D eigenvalue weighted by molar-refractivity contribution is 0.140. The van der Waals surface area contributed by atoms with Crippen molar-refractivity contribution in [3.63, 3.8) is 0 Å². The SMILES string of the molecule is CC1(C)COc2cc(CCCN)cc(Cl)c2OC1. The first-order valence-electron chi connectivity index (χ1n) is 6.30. The van der Waals surface area contributed by atoms with Crippen LogP contribution in [0.4, 0.5) is 0 Å². The Kier molecular flexibility index (Phi) is 4.03. The molecule has 1 aliphatic rings. The molecule has 0 bridgehead atoms. The zero-order chi connectivity index (χ0) is 13.2. The molecule has 1 aromatic carbocycles. The van der Waals surface area contributed by atoms with Gasteiger partial charge in [0.05, 0.1) is 18.2 Å². The van der Waals surface area contributed by atoms with Gasteiger partial charge in [-0.05, 0) is 37.1 Å². The van der Waals surface area contributed by atoms with E-state index in [9.17, 15) is 0 Å². The molecule has 18 heavy (non-hydrogen) atoms. The summed E-state index contributed by atoms with van der Waals surface area (Å²) in [6.07, 6.45) is 1.86. The van der Waals surface area contributed by atoms with Crippen molar-refractivity contribution in [3.05, 3.63) is 22.7 Å². The summed E-state index contributed by atoms with van der Waals surface area (Å²) in [5, 5.41) is 0.622. The van der Waals surface area contributed by atoms with Gasteiger partial charge < -0.3 is 15.2 Å². The summed E-state index contributed by atoms with van der Waals surface area (Å²) >= 11 is 6.26. The van der Waals surface area contributed by atoms with Crippen LogP contribution in [-0.4, -0.2) is 19.8 Å². The van der Waals surface area contributed by atoms with E-state index < -0.39 is 0 Å². The standard InChI is InChI=1S/C14H20ClNO2/c1-14(2)8-17-12-7-10(4-3-5-16)6-11(15)13(12)18-9-14/h6-7H,3-5,8-9,16H2,1-2H3. The third-order valence-electron chi connectivity index (χ3n) is 2.96. The number of nitrogens with two attached hydrogens (primary N) is 1. The predicted octanol–water partition coefficient (Wildman–Crippen LogP) is 3.03. The number of benzene rings is 1. The third kappa shape index (κ3) is 3.09. The van der Waals surface area contributed by atoms with Crippen LogP contribution >= 0.6 is 11.6 Å². The second-order valence-corrected chi connectivity index (χ2v) is 5.95. The molecule has 0 aliphatic carbocycles. The monoisotopic (exact) mass is 269 g/mol. The molecular weight excluding hydrogens is 250 g/mol. The first kappa shape index (κ1) is 13.5. The molecule has 0 radical (unpaired) electrons. The van der Waals surface area contributed by atoms with Gasteiger partial charge in [0.2, 0.25) is 0 Å². The highest BCUT2D eigenvalue weighted by atomic mass is 35.5. The molecule has 1 aromatic rings. The Labute approximate surface area is 113 Å². The number of rotatable bonds is 3. The number of ether oxygens (including phenoxy) is 2. The molecule has 0 amide bonds. The topological polar surface area (TPSA) is 44.5 Å². The number of fused-ring (bicyclic) bond motifs is 1. The van der Waals surface area contributed by atoms with E-state index in [-0.39, 0.29) is 5.41 Å². The summed E-state index contributed by atoms with van der Waals surface area (Å²) in [4.78, 5) is 0. The fourth-order valence-electron chi connectivity index (χ4n) is 1.90. The maximum atomic E-state index is 6.26. The van der Waals surface area contributed by atoms with Crippen molar-refractivity contribution in [2.75, 3.05) is 19.8 Å². The smallest absolute Gasteiger partial charge is 0.179 e. The van der Waals surface area contributed by atoms with E-state index in [1.807, 2.05) is 12.1 Å². The zero-order valence-electron chi connectivity index (χ0n) is 11.0. The van der Waals surface area contributed by atoms with Gasteiger partial charge in [-0.3, -0.25) is 0 Å². The van der Waals surface area contributed by atoms with Crippen molar-refractivity contribution in [2.24, 2.45) is 11.1 Å². The van der Waals surface area contributed by atoms with Gasteiger partial charge in [0.25, 0.3) is 0 Å². The molecule has 0 atom stereocenters. The van der Waals surface area contributed by atoms with Crippen molar-refractivity contribution >= 4 is 11.6 Å². The number of hydrogen-bond donors (Lipinski definition) is 1. The van der Waals surface area contributed by atoms with Crippen LogP contribution in [0.1, 0.15) is 25.8 Å².